The van der Waals surface area contributed by atoms with Crippen LogP contribution in [0.3, 0.4) is 0 Å². The highest BCUT2D eigenvalue weighted by Gasteiger charge is 2.55. The topological polar surface area (TPSA) is 53.5 Å². The van der Waals surface area contributed by atoms with Crippen LogP contribution >= 0.6 is 0 Å². The maximum atomic E-state index is 12.5. The first-order chi connectivity index (χ1) is 8.90. The predicted molar refractivity (Wildman–Crippen MR) is 78.0 cm³/mol. The molecule has 1 saturated heterocycles. The van der Waals surface area contributed by atoms with Crippen LogP contribution in [-0.4, -0.2) is 24.0 Å². The SMILES string of the molecule is CCCN=C1NC(=O)C2(CCCCC2C(C)(C)C)N1. The smallest absolute Gasteiger partial charge is 0.252 e. The number of carbonyl (C=O) groups excluding carboxylic acids is 1. The Hall–Kier alpha value is -1.06. The maximum absolute atomic E-state index is 12.5. The zero-order valence-corrected chi connectivity index (χ0v) is 12.7. The maximum Gasteiger partial charge on any atom is 0.252 e. The minimum Gasteiger partial charge on any atom is -0.341 e. The number of hydrogen-bond donors (Lipinski definition) is 2. The van der Waals surface area contributed by atoms with Crippen molar-refractivity contribution in [3.63, 3.8) is 0 Å². The van der Waals surface area contributed by atoms with Gasteiger partial charge in [-0.3, -0.25) is 15.1 Å². The lowest BCUT2D eigenvalue weighted by molar-refractivity contribution is -0.129. The van der Waals surface area contributed by atoms with Gasteiger partial charge in [0.25, 0.3) is 5.91 Å². The first-order valence-electron chi connectivity index (χ1n) is 7.54. The fraction of sp³-hybridized carbons (Fsp3) is 0.867. The Morgan fingerprint density at radius 3 is 2.74 bits per heavy atom. The summed E-state index contributed by atoms with van der Waals surface area (Å²) in [4.78, 5) is 17.0. The number of nitrogens with one attached hydrogen (secondary N) is 2. The molecular formula is C15H27N3O. The number of hydrogen-bond acceptors (Lipinski definition) is 2. The van der Waals surface area contributed by atoms with Crippen molar-refractivity contribution >= 4 is 11.9 Å². The van der Waals surface area contributed by atoms with Crippen LogP contribution in [0.1, 0.15) is 59.8 Å². The van der Waals surface area contributed by atoms with E-state index in [1.165, 1.54) is 6.42 Å². The van der Waals surface area contributed by atoms with E-state index in [2.05, 4.69) is 43.3 Å². The van der Waals surface area contributed by atoms with Gasteiger partial charge in [-0.05, 0) is 30.6 Å². The van der Waals surface area contributed by atoms with Crippen molar-refractivity contribution in [2.24, 2.45) is 16.3 Å². The summed E-state index contributed by atoms with van der Waals surface area (Å²) in [6.45, 7) is 9.57. The van der Waals surface area contributed by atoms with Gasteiger partial charge < -0.3 is 5.32 Å². The van der Waals surface area contributed by atoms with Crippen molar-refractivity contribution < 1.29 is 4.79 Å². The van der Waals surface area contributed by atoms with Crippen LogP contribution in [0.2, 0.25) is 0 Å². The Balaban J connectivity index is 2.26. The minimum absolute atomic E-state index is 0.127. The van der Waals surface area contributed by atoms with Crippen molar-refractivity contribution in [2.45, 2.75) is 65.3 Å². The van der Waals surface area contributed by atoms with E-state index >= 15 is 0 Å². The molecule has 2 aliphatic rings. The molecule has 1 aliphatic carbocycles. The van der Waals surface area contributed by atoms with Gasteiger partial charge in [-0.25, -0.2) is 0 Å². The van der Waals surface area contributed by atoms with Gasteiger partial charge in [-0.15, -0.1) is 0 Å². The van der Waals surface area contributed by atoms with Gasteiger partial charge in [0.05, 0.1) is 0 Å². The first kappa shape index (κ1) is 14.4. The van der Waals surface area contributed by atoms with Gasteiger partial charge in [-0.2, -0.15) is 0 Å². The molecule has 0 aromatic carbocycles. The van der Waals surface area contributed by atoms with E-state index in [0.29, 0.717) is 11.9 Å². The molecule has 1 amide bonds. The molecule has 4 nitrogen and oxygen atoms in total. The zero-order chi connectivity index (χ0) is 14.1. The minimum atomic E-state index is -0.428. The van der Waals surface area contributed by atoms with Gasteiger partial charge in [-0.1, -0.05) is 40.5 Å². The Morgan fingerprint density at radius 1 is 1.37 bits per heavy atom. The molecule has 1 spiro atoms. The normalized spacial score (nSPS) is 33.6. The standard InChI is InChI=1S/C15H27N3O/c1-5-10-16-13-17-12(19)15(18-13)9-7-6-8-11(15)14(2,3)4/h11H,5-10H2,1-4H3,(H2,16,17,18,19). The van der Waals surface area contributed by atoms with Crippen LogP contribution in [0, 0.1) is 11.3 Å². The summed E-state index contributed by atoms with van der Waals surface area (Å²) in [7, 11) is 0. The number of nitrogens with zero attached hydrogens (tertiary/aromatic N) is 1. The molecule has 19 heavy (non-hydrogen) atoms. The van der Waals surface area contributed by atoms with E-state index in [4.69, 9.17) is 0 Å². The largest absolute Gasteiger partial charge is 0.341 e. The number of guanidine groups is 1. The Bertz CT molecular complexity index is 383. The third-order valence-electron chi connectivity index (χ3n) is 4.43. The van der Waals surface area contributed by atoms with E-state index < -0.39 is 5.54 Å². The van der Waals surface area contributed by atoms with Gasteiger partial charge in [0, 0.05) is 6.54 Å². The molecule has 2 rings (SSSR count). The highest BCUT2D eigenvalue weighted by atomic mass is 16.2. The van der Waals surface area contributed by atoms with Crippen molar-refractivity contribution in [1.82, 2.24) is 10.6 Å². The van der Waals surface area contributed by atoms with Crippen LogP contribution in [-0.2, 0) is 4.79 Å². The molecule has 0 radical (unpaired) electrons. The monoisotopic (exact) mass is 265 g/mol. The van der Waals surface area contributed by atoms with Crippen molar-refractivity contribution in [3.05, 3.63) is 0 Å². The summed E-state index contributed by atoms with van der Waals surface area (Å²) in [5.74, 6) is 1.17. The lowest BCUT2D eigenvalue weighted by atomic mass is 9.62. The third-order valence-corrected chi connectivity index (χ3v) is 4.43. The molecule has 1 saturated carbocycles. The molecule has 108 valence electrons. The summed E-state index contributed by atoms with van der Waals surface area (Å²) in [6, 6.07) is 0. The van der Waals surface area contributed by atoms with Gasteiger partial charge in [0.1, 0.15) is 5.54 Å². The first-order valence-corrected chi connectivity index (χ1v) is 7.54. The second-order valence-corrected chi connectivity index (χ2v) is 6.95. The van der Waals surface area contributed by atoms with E-state index in [0.717, 1.165) is 32.2 Å². The third kappa shape index (κ3) is 2.63. The van der Waals surface area contributed by atoms with Crippen molar-refractivity contribution in [2.75, 3.05) is 6.54 Å². The van der Waals surface area contributed by atoms with E-state index in [1.807, 2.05) is 0 Å². The van der Waals surface area contributed by atoms with Crippen molar-refractivity contribution in [1.29, 1.82) is 0 Å². The van der Waals surface area contributed by atoms with Gasteiger partial charge in [0.15, 0.2) is 5.96 Å². The summed E-state index contributed by atoms with van der Waals surface area (Å²) < 4.78 is 0. The number of rotatable bonds is 2. The fourth-order valence-corrected chi connectivity index (χ4v) is 3.59. The number of aliphatic imine (C=N–C) groups is 1. The fourth-order valence-electron chi connectivity index (χ4n) is 3.59. The molecule has 0 aromatic rings. The molecule has 4 heteroatoms. The van der Waals surface area contributed by atoms with E-state index in [-0.39, 0.29) is 11.3 Å². The summed E-state index contributed by atoms with van der Waals surface area (Å²) in [5.41, 5.74) is -0.298. The van der Waals surface area contributed by atoms with E-state index in [9.17, 15) is 4.79 Å². The van der Waals surface area contributed by atoms with Gasteiger partial charge >= 0.3 is 0 Å². The second-order valence-electron chi connectivity index (χ2n) is 6.95. The molecule has 0 aromatic heterocycles. The second kappa shape index (κ2) is 5.14. The zero-order valence-electron chi connectivity index (χ0n) is 12.7. The lowest BCUT2D eigenvalue weighted by Crippen LogP contribution is -2.58. The molecule has 0 bridgehead atoms. The Morgan fingerprint density at radius 2 is 2.11 bits per heavy atom. The van der Waals surface area contributed by atoms with E-state index in [1.54, 1.807) is 0 Å². The quantitative estimate of drug-likeness (QED) is 0.806. The molecule has 2 fully saturated rings. The molecule has 2 atom stereocenters. The summed E-state index contributed by atoms with van der Waals surface area (Å²) >= 11 is 0. The molecule has 1 heterocycles. The molecule has 2 unspecified atom stereocenters. The van der Waals surface area contributed by atoms with Crippen LogP contribution in [0.25, 0.3) is 0 Å². The van der Waals surface area contributed by atoms with Crippen LogP contribution < -0.4 is 10.6 Å². The Labute approximate surface area is 116 Å². The Kier molecular flexibility index (Phi) is 3.88. The van der Waals surface area contributed by atoms with Crippen LogP contribution in [0.5, 0.6) is 0 Å². The summed E-state index contributed by atoms with van der Waals surface area (Å²) in [6.07, 6.45) is 5.38. The summed E-state index contributed by atoms with van der Waals surface area (Å²) in [5, 5.41) is 6.39. The average Bonchev–Trinajstić information content (AvgIpc) is 2.63. The van der Waals surface area contributed by atoms with Gasteiger partial charge in [0.2, 0.25) is 0 Å². The molecular weight excluding hydrogens is 238 g/mol. The number of carbonyl (C=O) groups is 1. The van der Waals surface area contributed by atoms with Crippen molar-refractivity contribution in [3.8, 4) is 0 Å². The van der Waals surface area contributed by atoms with Crippen LogP contribution in [0.15, 0.2) is 4.99 Å². The highest BCUT2D eigenvalue weighted by molar-refractivity contribution is 6.09. The highest BCUT2D eigenvalue weighted by Crippen LogP contribution is 2.45. The average molecular weight is 265 g/mol. The van der Waals surface area contributed by atoms with Crippen LogP contribution in [0.4, 0.5) is 0 Å². The lowest BCUT2D eigenvalue weighted by Gasteiger charge is -2.46. The predicted octanol–water partition coefficient (Wildman–Crippen LogP) is 2.45. The molecule has 2 N–H and O–H groups in total. The molecule has 1 aliphatic heterocycles. The number of amides is 1.